The first kappa shape index (κ1) is 16.8. The number of aromatic nitrogens is 3. The molecule has 1 aliphatic rings. The first-order chi connectivity index (χ1) is 13.1. The van der Waals surface area contributed by atoms with Crippen LogP contribution >= 0.6 is 0 Å². The number of amides is 2. The number of benzene rings is 2. The van der Waals surface area contributed by atoms with Gasteiger partial charge in [0.05, 0.1) is 19.6 Å². The molecule has 0 saturated carbocycles. The van der Waals surface area contributed by atoms with E-state index in [-0.39, 0.29) is 30.2 Å². The van der Waals surface area contributed by atoms with Crippen molar-refractivity contribution in [2.75, 3.05) is 17.7 Å². The van der Waals surface area contributed by atoms with Crippen LogP contribution in [0.1, 0.15) is 28.4 Å². The Labute approximate surface area is 155 Å². The SMILES string of the molecule is COc1cccc(C(=O)Nc2nc3n(n2)[C@H](c2ccccc2)CC(=O)N3)c1. The molecule has 0 bridgehead atoms. The molecule has 2 N–H and O–H groups in total. The zero-order chi connectivity index (χ0) is 18.8. The minimum Gasteiger partial charge on any atom is -0.497 e. The maximum absolute atomic E-state index is 12.5. The molecule has 8 nitrogen and oxygen atoms in total. The molecule has 0 spiro atoms. The van der Waals surface area contributed by atoms with Gasteiger partial charge < -0.3 is 4.74 Å². The van der Waals surface area contributed by atoms with E-state index in [1.807, 2.05) is 30.3 Å². The van der Waals surface area contributed by atoms with E-state index >= 15 is 0 Å². The summed E-state index contributed by atoms with van der Waals surface area (Å²) >= 11 is 0. The number of carbonyl (C=O) groups is 2. The first-order valence-corrected chi connectivity index (χ1v) is 8.41. The third-order valence-electron chi connectivity index (χ3n) is 4.30. The predicted molar refractivity (Wildman–Crippen MR) is 98.8 cm³/mol. The highest BCUT2D eigenvalue weighted by atomic mass is 16.5. The lowest BCUT2D eigenvalue weighted by atomic mass is 10.0. The number of anilines is 2. The Morgan fingerprint density at radius 3 is 2.81 bits per heavy atom. The van der Waals surface area contributed by atoms with Crippen LogP contribution in [0.15, 0.2) is 54.6 Å². The van der Waals surface area contributed by atoms with Gasteiger partial charge in [-0.3, -0.25) is 20.2 Å². The van der Waals surface area contributed by atoms with Crippen LogP contribution in [-0.4, -0.2) is 33.7 Å². The maximum atomic E-state index is 12.5. The Morgan fingerprint density at radius 1 is 1.22 bits per heavy atom. The summed E-state index contributed by atoms with van der Waals surface area (Å²) in [5.74, 6) is 0.506. The van der Waals surface area contributed by atoms with Crippen molar-refractivity contribution in [3.63, 3.8) is 0 Å². The Bertz CT molecular complexity index is 1000. The molecule has 2 heterocycles. The zero-order valence-electron chi connectivity index (χ0n) is 14.5. The molecule has 3 aromatic rings. The van der Waals surface area contributed by atoms with Crippen molar-refractivity contribution in [3.05, 3.63) is 65.7 Å². The highest BCUT2D eigenvalue weighted by Gasteiger charge is 2.29. The fourth-order valence-corrected chi connectivity index (χ4v) is 2.99. The molecule has 136 valence electrons. The topological polar surface area (TPSA) is 98.1 Å². The normalized spacial score (nSPS) is 15.6. The van der Waals surface area contributed by atoms with Gasteiger partial charge in [0.1, 0.15) is 5.75 Å². The molecule has 1 aliphatic heterocycles. The van der Waals surface area contributed by atoms with Gasteiger partial charge in [-0.2, -0.15) is 4.98 Å². The molecule has 1 atom stereocenters. The number of carbonyl (C=O) groups excluding carboxylic acids is 2. The summed E-state index contributed by atoms with van der Waals surface area (Å²) in [5.41, 5.74) is 1.37. The number of methoxy groups -OCH3 is 1. The molecule has 0 saturated heterocycles. The molecule has 0 fully saturated rings. The highest BCUT2D eigenvalue weighted by molar-refractivity contribution is 6.03. The second-order valence-corrected chi connectivity index (χ2v) is 6.07. The lowest BCUT2D eigenvalue weighted by Crippen LogP contribution is -2.29. The van der Waals surface area contributed by atoms with Gasteiger partial charge in [0, 0.05) is 5.56 Å². The average Bonchev–Trinajstić information content (AvgIpc) is 3.10. The van der Waals surface area contributed by atoms with Crippen LogP contribution in [0.2, 0.25) is 0 Å². The van der Waals surface area contributed by atoms with Crippen molar-refractivity contribution in [1.29, 1.82) is 0 Å². The summed E-state index contributed by atoms with van der Waals surface area (Å²) in [6.45, 7) is 0. The van der Waals surface area contributed by atoms with Gasteiger partial charge in [-0.05, 0) is 23.8 Å². The highest BCUT2D eigenvalue weighted by Crippen LogP contribution is 2.29. The van der Waals surface area contributed by atoms with Gasteiger partial charge in [0.15, 0.2) is 0 Å². The predicted octanol–water partition coefficient (Wildman–Crippen LogP) is 2.47. The minimum absolute atomic E-state index is 0.126. The van der Waals surface area contributed by atoms with Gasteiger partial charge in [-0.15, -0.1) is 5.10 Å². The number of nitrogens with one attached hydrogen (secondary N) is 2. The molecule has 0 unspecified atom stereocenters. The van der Waals surface area contributed by atoms with Gasteiger partial charge in [-0.25, -0.2) is 4.68 Å². The van der Waals surface area contributed by atoms with Crippen LogP contribution in [0.4, 0.5) is 11.9 Å². The van der Waals surface area contributed by atoms with Crippen LogP contribution in [0.3, 0.4) is 0 Å². The van der Waals surface area contributed by atoms with E-state index in [1.165, 1.54) is 7.11 Å². The lowest BCUT2D eigenvalue weighted by Gasteiger charge is -2.23. The van der Waals surface area contributed by atoms with Gasteiger partial charge in [-0.1, -0.05) is 36.4 Å². The van der Waals surface area contributed by atoms with Crippen molar-refractivity contribution in [3.8, 4) is 5.75 Å². The fraction of sp³-hybridized carbons (Fsp3) is 0.158. The average molecular weight is 363 g/mol. The molecule has 4 rings (SSSR count). The van der Waals surface area contributed by atoms with Crippen LogP contribution in [-0.2, 0) is 4.79 Å². The van der Waals surface area contributed by atoms with Crippen molar-refractivity contribution < 1.29 is 14.3 Å². The van der Waals surface area contributed by atoms with E-state index in [2.05, 4.69) is 20.7 Å². The van der Waals surface area contributed by atoms with Crippen LogP contribution in [0.5, 0.6) is 5.75 Å². The van der Waals surface area contributed by atoms with Crippen LogP contribution in [0, 0.1) is 0 Å². The Kier molecular flexibility index (Phi) is 4.29. The maximum Gasteiger partial charge on any atom is 0.258 e. The molecule has 27 heavy (non-hydrogen) atoms. The molecular weight excluding hydrogens is 346 g/mol. The van der Waals surface area contributed by atoms with Crippen LogP contribution < -0.4 is 15.4 Å². The van der Waals surface area contributed by atoms with E-state index in [0.717, 1.165) is 5.56 Å². The van der Waals surface area contributed by atoms with Crippen molar-refractivity contribution >= 4 is 23.7 Å². The molecule has 0 aliphatic carbocycles. The van der Waals surface area contributed by atoms with E-state index in [4.69, 9.17) is 4.74 Å². The van der Waals surface area contributed by atoms with Gasteiger partial charge in [0.2, 0.25) is 11.9 Å². The largest absolute Gasteiger partial charge is 0.497 e. The molecular formula is C19H17N5O3. The number of hydrogen-bond acceptors (Lipinski definition) is 5. The standard InChI is InChI=1S/C19H17N5O3/c1-27-14-9-5-8-13(10-14)17(26)21-18-22-19-20-16(25)11-15(24(19)23-18)12-6-3-2-4-7-12/h2-10,15H,11H2,1H3,(H2,20,21,22,23,25,26)/t15-/m0/s1. The molecule has 2 aromatic carbocycles. The van der Waals surface area contributed by atoms with E-state index in [9.17, 15) is 9.59 Å². The number of fused-ring (bicyclic) bond motifs is 1. The second-order valence-electron chi connectivity index (χ2n) is 6.07. The Morgan fingerprint density at radius 2 is 2.04 bits per heavy atom. The molecule has 2 amide bonds. The number of nitrogens with zero attached hydrogens (tertiary/aromatic N) is 3. The summed E-state index contributed by atoms with van der Waals surface area (Å²) in [6.07, 6.45) is 0.254. The van der Waals surface area contributed by atoms with Gasteiger partial charge in [0.25, 0.3) is 11.9 Å². The first-order valence-electron chi connectivity index (χ1n) is 8.41. The summed E-state index contributed by atoms with van der Waals surface area (Å²) < 4.78 is 6.76. The minimum atomic E-state index is -0.362. The third-order valence-corrected chi connectivity index (χ3v) is 4.30. The number of hydrogen-bond donors (Lipinski definition) is 2. The second kappa shape index (κ2) is 6.91. The smallest absolute Gasteiger partial charge is 0.258 e. The third kappa shape index (κ3) is 3.37. The van der Waals surface area contributed by atoms with E-state index in [0.29, 0.717) is 17.3 Å². The van der Waals surface area contributed by atoms with E-state index in [1.54, 1.807) is 28.9 Å². The summed E-state index contributed by atoms with van der Waals surface area (Å²) in [4.78, 5) is 28.7. The number of ether oxygens (including phenoxy) is 1. The van der Waals surface area contributed by atoms with E-state index < -0.39 is 0 Å². The zero-order valence-corrected chi connectivity index (χ0v) is 14.5. The van der Waals surface area contributed by atoms with Crippen molar-refractivity contribution in [1.82, 2.24) is 14.8 Å². The Balaban J connectivity index is 1.61. The van der Waals surface area contributed by atoms with Crippen LogP contribution in [0.25, 0.3) is 0 Å². The fourth-order valence-electron chi connectivity index (χ4n) is 2.99. The Hall–Kier alpha value is -3.68. The molecule has 8 heteroatoms. The molecule has 1 aromatic heterocycles. The quantitative estimate of drug-likeness (QED) is 0.742. The summed E-state index contributed by atoms with van der Waals surface area (Å²) in [5, 5.41) is 9.73. The summed E-state index contributed by atoms with van der Waals surface area (Å²) in [7, 11) is 1.54. The molecule has 0 radical (unpaired) electrons. The van der Waals surface area contributed by atoms with Crippen molar-refractivity contribution in [2.45, 2.75) is 12.5 Å². The lowest BCUT2D eigenvalue weighted by molar-refractivity contribution is -0.117. The monoisotopic (exact) mass is 363 g/mol. The number of rotatable bonds is 4. The van der Waals surface area contributed by atoms with Crippen molar-refractivity contribution in [2.24, 2.45) is 0 Å². The summed E-state index contributed by atoms with van der Waals surface area (Å²) in [6, 6.07) is 16.1. The van der Waals surface area contributed by atoms with Gasteiger partial charge >= 0.3 is 0 Å².